The lowest BCUT2D eigenvalue weighted by Crippen LogP contribution is -2.45. The third-order valence-electron chi connectivity index (χ3n) is 6.18. The van der Waals surface area contributed by atoms with E-state index < -0.39 is 0 Å². The summed E-state index contributed by atoms with van der Waals surface area (Å²) in [6.07, 6.45) is 7.20. The van der Waals surface area contributed by atoms with Crippen LogP contribution >= 0.6 is 11.6 Å². The topological polar surface area (TPSA) is 106 Å². The number of Topliss-reactive ketones (excluding diaryl/α,β-unsaturated/α-hetero) is 1. The molecule has 9 heteroatoms. The molecule has 3 aromatic rings. The van der Waals surface area contributed by atoms with E-state index in [4.69, 9.17) is 21.6 Å². The Morgan fingerprint density at radius 3 is 2.53 bits per heavy atom. The van der Waals surface area contributed by atoms with Crippen molar-refractivity contribution in [2.24, 2.45) is 5.92 Å². The number of hydrogen-bond donors (Lipinski definition) is 1. The summed E-state index contributed by atoms with van der Waals surface area (Å²) in [6.45, 7) is 10.2. The largest absolute Gasteiger partial charge is 0.370 e. The third-order valence-corrected chi connectivity index (χ3v) is 6.45. The fourth-order valence-electron chi connectivity index (χ4n) is 4.84. The molecule has 1 aliphatic rings. The van der Waals surface area contributed by atoms with E-state index in [1.807, 2.05) is 10.9 Å². The third kappa shape index (κ3) is 6.10. The van der Waals surface area contributed by atoms with Gasteiger partial charge in [-0.25, -0.2) is 9.97 Å². The van der Waals surface area contributed by atoms with Crippen LogP contribution in [0.1, 0.15) is 70.3 Å². The highest BCUT2D eigenvalue weighted by Gasteiger charge is 2.40. The van der Waals surface area contributed by atoms with Gasteiger partial charge in [-0.2, -0.15) is 10.4 Å². The molecule has 0 amide bonds. The van der Waals surface area contributed by atoms with Crippen molar-refractivity contribution in [1.29, 1.82) is 5.26 Å². The zero-order valence-corrected chi connectivity index (χ0v) is 22.0. The van der Waals surface area contributed by atoms with E-state index in [0.717, 1.165) is 24.1 Å². The van der Waals surface area contributed by atoms with Gasteiger partial charge in [-0.3, -0.25) is 9.48 Å². The van der Waals surface area contributed by atoms with E-state index in [-0.39, 0.29) is 35.4 Å². The van der Waals surface area contributed by atoms with Gasteiger partial charge in [-0.1, -0.05) is 35.9 Å². The van der Waals surface area contributed by atoms with Crippen molar-refractivity contribution in [2.75, 3.05) is 5.32 Å². The van der Waals surface area contributed by atoms with E-state index >= 15 is 0 Å². The normalized spacial score (nSPS) is 17.8. The quantitative estimate of drug-likeness (QED) is 0.370. The highest BCUT2D eigenvalue weighted by molar-refractivity contribution is 6.32. The molecule has 0 radical (unpaired) electrons. The molecule has 8 nitrogen and oxygen atoms in total. The van der Waals surface area contributed by atoms with Gasteiger partial charge in [0.2, 0.25) is 5.95 Å². The summed E-state index contributed by atoms with van der Waals surface area (Å²) in [6, 6.07) is 9.37. The number of aromatic nitrogens is 4. The number of anilines is 2. The van der Waals surface area contributed by atoms with Gasteiger partial charge >= 0.3 is 0 Å². The molecule has 0 saturated carbocycles. The van der Waals surface area contributed by atoms with Gasteiger partial charge < -0.3 is 10.1 Å². The van der Waals surface area contributed by atoms with Crippen molar-refractivity contribution in [3.8, 4) is 17.3 Å². The fraction of sp³-hybridized carbons (Fsp3) is 0.444. The molecule has 0 aliphatic carbocycles. The Labute approximate surface area is 216 Å². The molecule has 1 fully saturated rings. The summed E-state index contributed by atoms with van der Waals surface area (Å²) in [5, 5.41) is 17.2. The Morgan fingerprint density at radius 1 is 1.22 bits per heavy atom. The molecular formula is C27H31ClN6O2. The molecule has 0 unspecified atom stereocenters. The van der Waals surface area contributed by atoms with Crippen LogP contribution in [-0.2, 0) is 4.74 Å². The lowest BCUT2D eigenvalue weighted by molar-refractivity contribution is -0.170. The lowest BCUT2D eigenvalue weighted by Gasteiger charge is -2.45. The minimum atomic E-state index is -0.323. The molecule has 4 rings (SSSR count). The Balaban J connectivity index is 1.50. The second-order valence-corrected chi connectivity index (χ2v) is 11.0. The number of halogens is 1. The van der Waals surface area contributed by atoms with E-state index in [0.29, 0.717) is 22.2 Å². The maximum Gasteiger partial charge on any atom is 0.227 e. The number of carbonyl (C=O) groups is 1. The first-order valence-electron chi connectivity index (χ1n) is 12.0. The number of nitriles is 1. The second-order valence-electron chi connectivity index (χ2n) is 10.6. The number of carbonyl (C=O) groups excluding carboxylic acids is 1. The second kappa shape index (κ2) is 10.00. The van der Waals surface area contributed by atoms with Crippen LogP contribution in [0.3, 0.4) is 0 Å². The smallest absolute Gasteiger partial charge is 0.227 e. The number of ketones is 1. The van der Waals surface area contributed by atoms with Crippen molar-refractivity contribution >= 4 is 29.0 Å². The molecule has 2 aromatic heterocycles. The molecule has 0 spiro atoms. The number of nitrogens with one attached hydrogen (secondary N) is 1. The number of ether oxygens (including phenoxy) is 1. The van der Waals surface area contributed by atoms with Crippen molar-refractivity contribution in [1.82, 2.24) is 19.7 Å². The van der Waals surface area contributed by atoms with Crippen LogP contribution in [0.2, 0.25) is 5.02 Å². The summed E-state index contributed by atoms with van der Waals surface area (Å²) < 4.78 is 8.18. The number of hydrogen-bond acceptors (Lipinski definition) is 7. The molecule has 1 saturated heterocycles. The Kier molecular flexibility index (Phi) is 7.17. The molecule has 1 atom stereocenters. The fourth-order valence-corrected chi connectivity index (χ4v) is 5.04. The Morgan fingerprint density at radius 2 is 1.89 bits per heavy atom. The Bertz CT molecular complexity index is 1280. The maximum atomic E-state index is 12.3. The number of benzene rings is 1. The van der Waals surface area contributed by atoms with Crippen LogP contribution in [0.4, 0.5) is 11.6 Å². The zero-order valence-electron chi connectivity index (χ0n) is 21.2. The standard InChI is InChI=1S/C27H31ClN6O2/c1-17(13-29)10-23(35)18-6-8-19(9-7-18)24-22(28)15-30-25(33-24)32-20-14-31-34(16-20)21-11-26(2,3)36-27(4,5)12-21/h6-9,14-17,21H,10-12H2,1-5H3,(H,30,32,33)/t17-/m1/s1. The average molecular weight is 507 g/mol. The van der Waals surface area contributed by atoms with E-state index in [9.17, 15) is 4.79 Å². The molecule has 1 aliphatic heterocycles. The molecule has 1 N–H and O–H groups in total. The number of rotatable bonds is 7. The molecule has 1 aromatic carbocycles. The highest BCUT2D eigenvalue weighted by atomic mass is 35.5. The summed E-state index contributed by atoms with van der Waals surface area (Å²) >= 11 is 6.40. The minimum Gasteiger partial charge on any atom is -0.370 e. The van der Waals surface area contributed by atoms with Crippen molar-refractivity contribution in [3.05, 3.63) is 53.4 Å². The Hall–Kier alpha value is -3.28. The molecular weight excluding hydrogens is 476 g/mol. The van der Waals surface area contributed by atoms with E-state index in [2.05, 4.69) is 54.1 Å². The predicted octanol–water partition coefficient (Wildman–Crippen LogP) is 6.38. The van der Waals surface area contributed by atoms with Crippen LogP contribution in [0.15, 0.2) is 42.9 Å². The summed E-state index contributed by atoms with van der Waals surface area (Å²) in [5.74, 6) is 0.000500. The summed E-state index contributed by atoms with van der Waals surface area (Å²) in [5.41, 5.74) is 2.19. The van der Waals surface area contributed by atoms with Crippen molar-refractivity contribution in [3.63, 3.8) is 0 Å². The first-order chi connectivity index (χ1) is 16.9. The highest BCUT2D eigenvalue weighted by Crippen LogP contribution is 2.41. The summed E-state index contributed by atoms with van der Waals surface area (Å²) in [7, 11) is 0. The monoisotopic (exact) mass is 506 g/mol. The predicted molar refractivity (Wildman–Crippen MR) is 139 cm³/mol. The van der Waals surface area contributed by atoms with E-state index in [1.54, 1.807) is 43.6 Å². The average Bonchev–Trinajstić information content (AvgIpc) is 3.27. The van der Waals surface area contributed by atoms with Gasteiger partial charge in [0.25, 0.3) is 0 Å². The zero-order chi connectivity index (χ0) is 26.1. The van der Waals surface area contributed by atoms with Crippen LogP contribution in [0, 0.1) is 17.2 Å². The van der Waals surface area contributed by atoms with Gasteiger partial charge in [-0.05, 0) is 47.5 Å². The van der Waals surface area contributed by atoms with Gasteiger partial charge in [0, 0.05) is 23.7 Å². The first kappa shape index (κ1) is 25.8. The van der Waals surface area contributed by atoms with Crippen LogP contribution in [-0.4, -0.2) is 36.7 Å². The van der Waals surface area contributed by atoms with Crippen LogP contribution < -0.4 is 5.32 Å². The van der Waals surface area contributed by atoms with Gasteiger partial charge in [0.05, 0.1) is 58.0 Å². The van der Waals surface area contributed by atoms with Gasteiger partial charge in [0.1, 0.15) is 0 Å². The molecule has 0 bridgehead atoms. The molecule has 188 valence electrons. The molecule has 3 heterocycles. The SMILES string of the molecule is C[C@@H](C#N)CC(=O)c1ccc(-c2nc(Nc3cnn(C4CC(C)(C)OC(C)(C)C4)c3)ncc2Cl)cc1. The maximum absolute atomic E-state index is 12.3. The number of nitrogens with zero attached hydrogens (tertiary/aromatic N) is 5. The summed E-state index contributed by atoms with van der Waals surface area (Å²) in [4.78, 5) is 21.3. The van der Waals surface area contributed by atoms with Gasteiger partial charge in [-0.15, -0.1) is 0 Å². The molecule has 36 heavy (non-hydrogen) atoms. The lowest BCUT2D eigenvalue weighted by atomic mass is 9.85. The minimum absolute atomic E-state index is 0.0694. The van der Waals surface area contributed by atoms with Crippen LogP contribution in [0.5, 0.6) is 0 Å². The van der Waals surface area contributed by atoms with Gasteiger partial charge in [0.15, 0.2) is 5.78 Å². The van der Waals surface area contributed by atoms with Crippen LogP contribution in [0.25, 0.3) is 11.3 Å². The first-order valence-corrected chi connectivity index (χ1v) is 12.4. The van der Waals surface area contributed by atoms with Crippen molar-refractivity contribution < 1.29 is 9.53 Å². The van der Waals surface area contributed by atoms with Crippen molar-refractivity contribution in [2.45, 2.75) is 71.1 Å². The van der Waals surface area contributed by atoms with E-state index in [1.165, 1.54) is 0 Å².